The number of aromatic nitrogens is 2. The third kappa shape index (κ3) is 6.66. The maximum Gasteiger partial charge on any atom is 0.306 e. The number of rotatable bonds is 10. The molecule has 5 aliphatic carbocycles. The first-order chi connectivity index (χ1) is 27.4. The van der Waals surface area contributed by atoms with Crippen LogP contribution in [0.5, 0.6) is 0 Å². The van der Waals surface area contributed by atoms with Crippen molar-refractivity contribution >= 4 is 23.4 Å². The number of esters is 1. The van der Waals surface area contributed by atoms with Crippen LogP contribution in [0.1, 0.15) is 132 Å². The molecule has 7 rings (SSSR count). The molecule has 1 unspecified atom stereocenters. The highest BCUT2D eigenvalue weighted by Gasteiger charge is 2.71. The number of nitrogens with zero attached hydrogens (tertiary/aromatic N) is 3. The molecule has 0 radical (unpaired) electrons. The molecule has 0 amide bonds. The van der Waals surface area contributed by atoms with E-state index in [0.29, 0.717) is 43.5 Å². The number of hydrogen-bond acceptors (Lipinski definition) is 7. The molecule has 59 heavy (non-hydrogen) atoms. The van der Waals surface area contributed by atoms with Gasteiger partial charge in [-0.2, -0.15) is 0 Å². The molecule has 0 saturated heterocycles. The molecule has 0 aliphatic heterocycles. The maximum absolute atomic E-state index is 14.6. The molecule has 0 spiro atoms. The second-order valence-corrected chi connectivity index (χ2v) is 22.2. The molecule has 2 N–H and O–H groups in total. The number of ketones is 1. The maximum atomic E-state index is 14.6. The number of fused-ring (bicyclic) bond motifs is 7. The molecular formula is C48H69ClFN3O6. The molecule has 326 valence electrons. The van der Waals surface area contributed by atoms with E-state index < -0.39 is 17.1 Å². The normalized spacial score (nSPS) is 34.2. The van der Waals surface area contributed by atoms with E-state index in [2.05, 4.69) is 53.4 Å². The number of likely N-dealkylation sites (N-methyl/N-ethyl adjacent to an activating group) is 1. The van der Waals surface area contributed by atoms with E-state index in [0.717, 1.165) is 56.2 Å². The van der Waals surface area contributed by atoms with Crippen molar-refractivity contribution < 1.29 is 28.9 Å². The van der Waals surface area contributed by atoms with Crippen molar-refractivity contribution in [2.45, 2.75) is 151 Å². The first-order valence-corrected chi connectivity index (χ1v) is 22.5. The Kier molecular flexibility index (Phi) is 11.2. The summed E-state index contributed by atoms with van der Waals surface area (Å²) in [4.78, 5) is 44.3. The van der Waals surface area contributed by atoms with Crippen LogP contribution in [0.4, 0.5) is 4.39 Å². The van der Waals surface area contributed by atoms with Gasteiger partial charge in [-0.1, -0.05) is 73.9 Å². The Morgan fingerprint density at radius 3 is 2.22 bits per heavy atom. The van der Waals surface area contributed by atoms with Crippen molar-refractivity contribution in [3.63, 3.8) is 0 Å². The van der Waals surface area contributed by atoms with Crippen molar-refractivity contribution in [3.05, 3.63) is 62.3 Å². The minimum absolute atomic E-state index is 0.00502. The van der Waals surface area contributed by atoms with Crippen LogP contribution in [0.2, 0.25) is 5.02 Å². The third-order valence-electron chi connectivity index (χ3n) is 17.3. The van der Waals surface area contributed by atoms with Crippen LogP contribution in [0, 0.1) is 56.6 Å². The third-order valence-corrected chi connectivity index (χ3v) is 17.7. The highest BCUT2D eigenvalue weighted by molar-refractivity contribution is 6.31. The Morgan fingerprint density at radius 1 is 0.949 bits per heavy atom. The van der Waals surface area contributed by atoms with Gasteiger partial charge >= 0.3 is 5.97 Å². The average Bonchev–Trinajstić information content (AvgIpc) is 3.58. The first-order valence-electron chi connectivity index (χ1n) is 22.1. The van der Waals surface area contributed by atoms with Crippen LogP contribution in [-0.4, -0.2) is 69.3 Å². The lowest BCUT2D eigenvalue weighted by Crippen LogP contribution is -2.66. The zero-order valence-corrected chi connectivity index (χ0v) is 38.1. The molecule has 0 bridgehead atoms. The van der Waals surface area contributed by atoms with Crippen LogP contribution >= 0.6 is 11.6 Å². The van der Waals surface area contributed by atoms with Crippen LogP contribution in [0.25, 0.3) is 5.69 Å². The summed E-state index contributed by atoms with van der Waals surface area (Å²) >= 11 is 7.31. The lowest BCUT2D eigenvalue weighted by molar-refractivity contribution is -0.233. The molecule has 1 aromatic heterocycles. The smallest absolute Gasteiger partial charge is 0.306 e. The Bertz CT molecular complexity index is 2080. The zero-order valence-electron chi connectivity index (χ0n) is 37.4. The Morgan fingerprint density at radius 2 is 1.61 bits per heavy atom. The fraction of sp³-hybridized carbons (Fsp3) is 0.729. The summed E-state index contributed by atoms with van der Waals surface area (Å²) in [6.07, 6.45) is 5.64. The average molecular weight is 839 g/mol. The molecule has 5 aliphatic rings. The minimum atomic E-state index is -1.61. The van der Waals surface area contributed by atoms with E-state index in [4.69, 9.17) is 16.3 Å². The second-order valence-electron chi connectivity index (χ2n) is 21.8. The van der Waals surface area contributed by atoms with Crippen molar-refractivity contribution in [1.82, 2.24) is 14.3 Å². The lowest BCUT2D eigenvalue weighted by Gasteiger charge is -2.72. The van der Waals surface area contributed by atoms with Gasteiger partial charge in [0, 0.05) is 29.2 Å². The standard InChI is InChI=1S/C48H69ClFN3O6/c1-28(2)37-32(54)26-48(40-39(49)41(56)53(52(40)25-24-51(10)11)30-14-12-29(50)13-15-30)23-22-46(8)31(38(37)48)16-17-34-45(7)20-19-35(59-36(55)27-43(3,4)42(57)58)44(5,6)33(45)18-21-47(34,46)9/h12-15,28,31,33-35,42,57-58H,16-27H2,1-11H3/t31?,33-,34+,35-,45-,46+,47+,48+/m0/s1. The molecule has 1 heterocycles. The minimum Gasteiger partial charge on any atom is -0.462 e. The van der Waals surface area contributed by atoms with Gasteiger partial charge in [0.05, 0.1) is 24.3 Å². The van der Waals surface area contributed by atoms with E-state index in [1.165, 1.54) is 17.7 Å². The van der Waals surface area contributed by atoms with Crippen molar-refractivity contribution in [2.75, 3.05) is 20.6 Å². The van der Waals surface area contributed by atoms with Gasteiger partial charge in [-0.15, -0.1) is 0 Å². The van der Waals surface area contributed by atoms with Crippen LogP contribution < -0.4 is 5.56 Å². The van der Waals surface area contributed by atoms with Crippen LogP contribution in [0.3, 0.4) is 0 Å². The summed E-state index contributed by atoms with van der Waals surface area (Å²) in [6, 6.07) is 5.97. The molecular weight excluding hydrogens is 769 g/mol. The number of halogens is 2. The van der Waals surface area contributed by atoms with Crippen LogP contribution in [0.15, 0.2) is 40.2 Å². The SMILES string of the molecule is CC(C)C1=C2C3CC[C@@H]4[C@@]5(C)CC[C@H](OC(=O)CC(C)(C)C(O)O)C(C)(C)[C@@H]5CC[C@@]4(C)[C@]3(C)CC[C@@]2(c2c(Cl)c(=O)n(-c3ccc(F)cc3)n2CCN(C)C)CC1=O. The quantitative estimate of drug-likeness (QED) is 0.182. The summed E-state index contributed by atoms with van der Waals surface area (Å²) in [5.74, 6) is 0.266. The Hall–Kier alpha value is -2.79. The number of benzene rings is 1. The predicted molar refractivity (Wildman–Crippen MR) is 229 cm³/mol. The number of ether oxygens (including phenoxy) is 1. The van der Waals surface area contributed by atoms with Gasteiger partial charge in [0.25, 0.3) is 5.56 Å². The van der Waals surface area contributed by atoms with Crippen molar-refractivity contribution in [1.29, 1.82) is 0 Å². The van der Waals surface area contributed by atoms with E-state index in [-0.39, 0.29) is 74.2 Å². The fourth-order valence-electron chi connectivity index (χ4n) is 14.1. The Labute approximate surface area is 355 Å². The topological polar surface area (TPSA) is 114 Å². The number of allylic oxidation sites excluding steroid dienone is 2. The van der Waals surface area contributed by atoms with Gasteiger partial charge in [0.2, 0.25) is 0 Å². The molecule has 4 saturated carbocycles. The van der Waals surface area contributed by atoms with Gasteiger partial charge in [0.1, 0.15) is 16.9 Å². The van der Waals surface area contributed by atoms with Gasteiger partial charge in [-0.25, -0.2) is 9.07 Å². The van der Waals surface area contributed by atoms with E-state index in [1.807, 2.05) is 18.8 Å². The highest BCUT2D eigenvalue weighted by atomic mass is 35.5. The molecule has 11 heteroatoms. The molecule has 2 aromatic rings. The number of carbonyl (C=O) groups excluding carboxylic acids is 2. The predicted octanol–water partition coefficient (Wildman–Crippen LogP) is 8.86. The zero-order chi connectivity index (χ0) is 43.4. The van der Waals surface area contributed by atoms with Gasteiger partial charge in [-0.3, -0.25) is 19.1 Å². The molecule has 8 atom stereocenters. The summed E-state index contributed by atoms with van der Waals surface area (Å²) < 4.78 is 24.0. The highest BCUT2D eigenvalue weighted by Crippen LogP contribution is 2.77. The number of aliphatic hydroxyl groups excluding tert-OH is 1. The summed E-state index contributed by atoms with van der Waals surface area (Å²) in [6.45, 7) is 20.8. The number of hydrogen-bond donors (Lipinski definition) is 2. The van der Waals surface area contributed by atoms with Gasteiger partial charge < -0.3 is 19.8 Å². The molecule has 9 nitrogen and oxygen atoms in total. The van der Waals surface area contributed by atoms with Gasteiger partial charge in [0.15, 0.2) is 12.1 Å². The van der Waals surface area contributed by atoms with Gasteiger partial charge in [-0.05, 0) is 141 Å². The monoisotopic (exact) mass is 837 g/mol. The number of Topliss-reactive ketones (excluding diaryl/α,β-unsaturated/α-hetero) is 1. The lowest BCUT2D eigenvalue weighted by atomic mass is 9.33. The van der Waals surface area contributed by atoms with E-state index >= 15 is 0 Å². The van der Waals surface area contributed by atoms with Crippen LogP contribution in [-0.2, 0) is 26.3 Å². The summed E-state index contributed by atoms with van der Waals surface area (Å²) in [5, 5.41) is 19.9. The van der Waals surface area contributed by atoms with Crippen molar-refractivity contribution in [3.8, 4) is 5.69 Å². The fourth-order valence-corrected chi connectivity index (χ4v) is 14.4. The first kappa shape index (κ1) is 44.3. The molecule has 4 fully saturated rings. The largest absolute Gasteiger partial charge is 0.462 e. The summed E-state index contributed by atoms with van der Waals surface area (Å²) in [7, 11) is 3.99. The van der Waals surface area contributed by atoms with E-state index in [1.54, 1.807) is 30.7 Å². The number of aliphatic hydroxyl groups is 2. The number of carbonyl (C=O) groups is 2. The Balaban J connectivity index is 1.28. The van der Waals surface area contributed by atoms with E-state index in [9.17, 15) is 29.0 Å². The van der Waals surface area contributed by atoms with Crippen molar-refractivity contribution in [2.24, 2.45) is 50.7 Å². The second kappa shape index (κ2) is 14.9. The summed E-state index contributed by atoms with van der Waals surface area (Å²) in [5.41, 5.74) is 0.878. The molecule has 1 aromatic carbocycles.